The molecule has 0 unspecified atom stereocenters. The molecule has 0 aromatic heterocycles. The summed E-state index contributed by atoms with van der Waals surface area (Å²) < 4.78 is 82.1. The molecule has 1 aliphatic carbocycles. The molecule has 2 aromatic carbocycles. The van der Waals surface area contributed by atoms with Gasteiger partial charge in [0.2, 0.25) is 10.0 Å². The van der Waals surface area contributed by atoms with Crippen LogP contribution < -0.4 is 9.62 Å². The average molecular weight is 520 g/mol. The third-order valence-corrected chi connectivity index (χ3v) is 8.21. The lowest BCUT2D eigenvalue weighted by Gasteiger charge is -2.36. The highest BCUT2D eigenvalue weighted by molar-refractivity contribution is 7.91. The van der Waals surface area contributed by atoms with E-state index in [1.807, 2.05) is 9.62 Å². The van der Waals surface area contributed by atoms with E-state index in [2.05, 4.69) is 0 Å². The summed E-state index contributed by atoms with van der Waals surface area (Å²) >= 11 is 6.25. The first kappa shape index (κ1) is 24.7. The number of carbonyl (C=O) groups is 1. The molecule has 184 valence electrons. The molecule has 1 amide bonds. The van der Waals surface area contributed by atoms with E-state index in [1.54, 1.807) is 4.90 Å². The molecule has 2 aromatic rings. The Morgan fingerprint density at radius 3 is 2.29 bits per heavy atom. The molecule has 2 aliphatic rings. The lowest BCUT2D eigenvalue weighted by molar-refractivity contribution is 0.0977. The summed E-state index contributed by atoms with van der Waals surface area (Å²) in [6, 6.07) is 3.03. The van der Waals surface area contributed by atoms with Crippen molar-refractivity contribution in [1.29, 1.82) is 0 Å². The highest BCUT2D eigenvalue weighted by atomic mass is 35.5. The molecule has 1 saturated heterocycles. The molecule has 0 bridgehead atoms. The number of sulfonamides is 1. The van der Waals surface area contributed by atoms with Gasteiger partial charge in [-0.25, -0.2) is 30.7 Å². The van der Waals surface area contributed by atoms with Gasteiger partial charge in [-0.1, -0.05) is 11.6 Å². The molecule has 34 heavy (non-hydrogen) atoms. The number of hydrogen-bond acceptors (Lipinski definition) is 5. The first-order valence-corrected chi connectivity index (χ1v) is 12.6. The van der Waals surface area contributed by atoms with E-state index < -0.39 is 50.0 Å². The van der Waals surface area contributed by atoms with Crippen molar-refractivity contribution < 1.29 is 30.8 Å². The molecule has 0 spiro atoms. The van der Waals surface area contributed by atoms with Crippen molar-refractivity contribution in [3.8, 4) is 0 Å². The number of carbonyl (C=O) groups excluding carboxylic acids is 1. The second kappa shape index (κ2) is 9.35. The van der Waals surface area contributed by atoms with Gasteiger partial charge >= 0.3 is 0 Å². The zero-order valence-electron chi connectivity index (χ0n) is 18.2. The van der Waals surface area contributed by atoms with Crippen LogP contribution in [0.4, 0.5) is 23.2 Å². The predicted molar refractivity (Wildman–Crippen MR) is 119 cm³/mol. The normalized spacial score (nSPS) is 17.2. The SMILES string of the molecule is Cc1c(F)c(F)cc(N2CCN(Cc3cc(F)c(C(=O)NS(=O)(=O)C4CC4)cc3Cl)CC2)c1F. The quantitative estimate of drug-likeness (QED) is 0.465. The summed E-state index contributed by atoms with van der Waals surface area (Å²) in [5.41, 5.74) is -0.471. The van der Waals surface area contributed by atoms with Crippen molar-refractivity contribution in [3.63, 3.8) is 0 Å². The van der Waals surface area contributed by atoms with Crippen LogP contribution in [-0.2, 0) is 16.6 Å². The average Bonchev–Trinajstić information content (AvgIpc) is 3.63. The van der Waals surface area contributed by atoms with Crippen LogP contribution >= 0.6 is 11.6 Å². The van der Waals surface area contributed by atoms with E-state index in [0.717, 1.165) is 18.2 Å². The van der Waals surface area contributed by atoms with Gasteiger partial charge in [-0.2, -0.15) is 0 Å². The van der Waals surface area contributed by atoms with Crippen LogP contribution in [0.2, 0.25) is 5.02 Å². The minimum absolute atomic E-state index is 0.0170. The number of amides is 1. The van der Waals surface area contributed by atoms with E-state index in [1.165, 1.54) is 6.92 Å². The summed E-state index contributed by atoms with van der Waals surface area (Å²) in [5.74, 6) is -5.11. The number of benzene rings is 2. The van der Waals surface area contributed by atoms with Gasteiger partial charge in [0.1, 0.15) is 5.82 Å². The Morgan fingerprint density at radius 1 is 1.03 bits per heavy atom. The van der Waals surface area contributed by atoms with E-state index in [0.29, 0.717) is 44.6 Å². The van der Waals surface area contributed by atoms with Gasteiger partial charge < -0.3 is 4.90 Å². The van der Waals surface area contributed by atoms with Crippen molar-refractivity contribution in [1.82, 2.24) is 9.62 Å². The van der Waals surface area contributed by atoms with Gasteiger partial charge in [0.15, 0.2) is 17.5 Å². The zero-order chi connectivity index (χ0) is 24.8. The van der Waals surface area contributed by atoms with Gasteiger partial charge in [-0.15, -0.1) is 0 Å². The fraction of sp³-hybridized carbons (Fsp3) is 0.409. The number of hydrogen-bond donors (Lipinski definition) is 1. The number of anilines is 1. The first-order valence-electron chi connectivity index (χ1n) is 10.6. The maximum atomic E-state index is 14.6. The van der Waals surface area contributed by atoms with E-state index in [-0.39, 0.29) is 22.8 Å². The number of halogens is 5. The number of nitrogens with zero attached hydrogens (tertiary/aromatic N) is 2. The minimum Gasteiger partial charge on any atom is -0.367 e. The largest absolute Gasteiger partial charge is 0.367 e. The summed E-state index contributed by atoms with van der Waals surface area (Å²) in [5, 5.41) is -0.531. The summed E-state index contributed by atoms with van der Waals surface area (Å²) in [7, 11) is -3.83. The van der Waals surface area contributed by atoms with Crippen molar-refractivity contribution >= 4 is 33.2 Å². The number of nitrogens with one attached hydrogen (secondary N) is 1. The molecule has 12 heteroatoms. The van der Waals surface area contributed by atoms with Crippen molar-refractivity contribution in [2.75, 3.05) is 31.1 Å². The molecular formula is C22H22ClF4N3O3S. The second-order valence-electron chi connectivity index (χ2n) is 8.49. The van der Waals surface area contributed by atoms with Crippen LogP contribution in [0.3, 0.4) is 0 Å². The Balaban J connectivity index is 1.41. The lowest BCUT2D eigenvalue weighted by Crippen LogP contribution is -2.46. The monoisotopic (exact) mass is 519 g/mol. The maximum Gasteiger partial charge on any atom is 0.267 e. The van der Waals surface area contributed by atoms with Crippen LogP contribution in [0, 0.1) is 30.2 Å². The molecule has 6 nitrogen and oxygen atoms in total. The molecule has 0 atom stereocenters. The Bertz CT molecular complexity index is 1250. The maximum absolute atomic E-state index is 14.6. The standard InChI is InChI=1S/C22H22ClF4N3O3S/c1-12-20(26)18(25)10-19(21(12)27)30-6-4-29(5-7-30)11-13-8-17(24)15(9-16(13)23)22(31)28-34(32,33)14-2-3-14/h8-10,14H,2-7,11H2,1H3,(H,28,31). The van der Waals surface area contributed by atoms with E-state index >= 15 is 0 Å². The lowest BCUT2D eigenvalue weighted by atomic mass is 10.1. The Labute approximate surface area is 199 Å². The van der Waals surface area contributed by atoms with Gasteiger partial charge in [0, 0.05) is 49.4 Å². The van der Waals surface area contributed by atoms with Crippen molar-refractivity contribution in [2.24, 2.45) is 0 Å². The van der Waals surface area contributed by atoms with Crippen LogP contribution in [0.25, 0.3) is 0 Å². The Kier molecular flexibility index (Phi) is 6.80. The molecule has 1 heterocycles. The highest BCUT2D eigenvalue weighted by Gasteiger charge is 2.37. The highest BCUT2D eigenvalue weighted by Crippen LogP contribution is 2.30. The third-order valence-electron chi connectivity index (χ3n) is 6.04. The number of piperazine rings is 1. The first-order chi connectivity index (χ1) is 16.0. The molecule has 1 aliphatic heterocycles. The summed E-state index contributed by atoms with van der Waals surface area (Å²) in [4.78, 5) is 15.8. The van der Waals surface area contributed by atoms with Gasteiger partial charge in [-0.3, -0.25) is 9.69 Å². The van der Waals surface area contributed by atoms with Crippen molar-refractivity contribution in [2.45, 2.75) is 31.6 Å². The second-order valence-corrected chi connectivity index (χ2v) is 10.9. The smallest absolute Gasteiger partial charge is 0.267 e. The molecule has 2 fully saturated rings. The van der Waals surface area contributed by atoms with Gasteiger partial charge in [0.05, 0.1) is 16.5 Å². The summed E-state index contributed by atoms with van der Waals surface area (Å²) in [6.45, 7) is 2.87. The van der Waals surface area contributed by atoms with Gasteiger partial charge in [-0.05, 0) is 37.5 Å². The molecule has 4 rings (SSSR count). The minimum atomic E-state index is -3.83. The van der Waals surface area contributed by atoms with Crippen LogP contribution in [0.1, 0.15) is 34.3 Å². The summed E-state index contributed by atoms with van der Waals surface area (Å²) in [6.07, 6.45) is 0.917. The molecular weight excluding hydrogens is 498 g/mol. The predicted octanol–water partition coefficient (Wildman–Crippen LogP) is 3.75. The number of rotatable bonds is 6. The molecule has 0 radical (unpaired) electrons. The topological polar surface area (TPSA) is 69.7 Å². The van der Waals surface area contributed by atoms with Gasteiger partial charge in [0.25, 0.3) is 5.91 Å². The molecule has 1 saturated carbocycles. The zero-order valence-corrected chi connectivity index (χ0v) is 19.7. The van der Waals surface area contributed by atoms with E-state index in [9.17, 15) is 30.8 Å². The van der Waals surface area contributed by atoms with Crippen molar-refractivity contribution in [3.05, 3.63) is 63.2 Å². The Hall–Kier alpha value is -2.37. The fourth-order valence-electron chi connectivity index (χ4n) is 3.86. The Morgan fingerprint density at radius 2 is 1.68 bits per heavy atom. The fourth-order valence-corrected chi connectivity index (χ4v) is 5.38. The third kappa shape index (κ3) is 5.01. The van der Waals surface area contributed by atoms with Crippen LogP contribution in [0.5, 0.6) is 0 Å². The van der Waals surface area contributed by atoms with Crippen LogP contribution in [-0.4, -0.2) is 50.7 Å². The van der Waals surface area contributed by atoms with E-state index in [4.69, 9.17) is 11.6 Å². The van der Waals surface area contributed by atoms with Crippen LogP contribution in [0.15, 0.2) is 18.2 Å². The molecule has 1 N–H and O–H groups in total.